The first-order chi connectivity index (χ1) is 3.06. The fourth-order valence-corrected chi connectivity index (χ4v) is 0.274. The molecular formula is C5H12NO. The van der Waals surface area contributed by atoms with E-state index in [1.165, 1.54) is 0 Å². The second-order valence-electron chi connectivity index (χ2n) is 2.44. The first-order valence-corrected chi connectivity index (χ1v) is 2.31. The van der Waals surface area contributed by atoms with E-state index < -0.39 is 0 Å². The molecule has 43 valence electrons. The Labute approximate surface area is 44.8 Å². The Morgan fingerprint density at radius 2 is 1.71 bits per heavy atom. The van der Waals surface area contributed by atoms with E-state index in [2.05, 4.69) is 10.3 Å². The van der Waals surface area contributed by atoms with Crippen molar-refractivity contribution < 1.29 is 4.84 Å². The average Bonchev–Trinajstić information content (AvgIpc) is 1.30. The predicted octanol–water partition coefficient (Wildman–Crippen LogP) is 0.951. The van der Waals surface area contributed by atoms with Gasteiger partial charge in [0.25, 0.3) is 0 Å². The second-order valence-corrected chi connectivity index (χ2v) is 2.44. The maximum absolute atomic E-state index is 4.53. The molecule has 0 spiro atoms. The molecule has 0 aliphatic heterocycles. The van der Waals surface area contributed by atoms with Gasteiger partial charge in [-0.1, -0.05) is 5.48 Å². The van der Waals surface area contributed by atoms with Crippen LogP contribution in [0.15, 0.2) is 0 Å². The van der Waals surface area contributed by atoms with E-state index in [-0.39, 0.29) is 5.54 Å². The van der Waals surface area contributed by atoms with Crippen molar-refractivity contribution in [1.29, 1.82) is 0 Å². The Kier molecular flexibility index (Phi) is 2.26. The van der Waals surface area contributed by atoms with Crippen LogP contribution >= 0.6 is 0 Å². The summed E-state index contributed by atoms with van der Waals surface area (Å²) in [7, 11) is 1.56. The molecule has 1 radical (unpaired) electrons. The molecule has 0 amide bonds. The Morgan fingerprint density at radius 1 is 1.29 bits per heavy atom. The molecule has 0 heterocycles. The summed E-state index contributed by atoms with van der Waals surface area (Å²) < 4.78 is 0. The third-order valence-electron chi connectivity index (χ3n) is 0.365. The van der Waals surface area contributed by atoms with Gasteiger partial charge < -0.3 is 0 Å². The van der Waals surface area contributed by atoms with Crippen LogP contribution in [0, 0.1) is 0 Å². The van der Waals surface area contributed by atoms with Gasteiger partial charge in [-0.3, -0.25) is 4.84 Å². The molecule has 0 aromatic carbocycles. The summed E-state index contributed by atoms with van der Waals surface area (Å²) >= 11 is 0. The fraction of sp³-hybridized carbons (Fsp3) is 1.00. The van der Waals surface area contributed by atoms with Crippen LogP contribution < -0.4 is 5.48 Å². The summed E-state index contributed by atoms with van der Waals surface area (Å²) in [6.07, 6.45) is 0. The lowest BCUT2D eigenvalue weighted by molar-refractivity contribution is 0.0253. The number of hydrogen-bond donors (Lipinski definition) is 0. The highest BCUT2D eigenvalue weighted by molar-refractivity contribution is 4.62. The zero-order valence-electron chi connectivity index (χ0n) is 5.36. The average molecular weight is 102 g/mol. The monoisotopic (exact) mass is 102 g/mol. The summed E-state index contributed by atoms with van der Waals surface area (Å²) in [6.45, 7) is 5.95. The van der Waals surface area contributed by atoms with Gasteiger partial charge in [0, 0.05) is 0 Å². The molecular weight excluding hydrogens is 90.1 g/mol. The van der Waals surface area contributed by atoms with Gasteiger partial charge in [-0.15, -0.1) is 0 Å². The number of hydroxylamine groups is 1. The SMILES string of the molecule is CO[N]C(C)(C)C. The molecule has 0 saturated heterocycles. The predicted molar refractivity (Wildman–Crippen MR) is 28.9 cm³/mol. The molecule has 0 N–H and O–H groups in total. The van der Waals surface area contributed by atoms with Crippen LogP contribution in [0.25, 0.3) is 0 Å². The molecule has 0 unspecified atom stereocenters. The van der Waals surface area contributed by atoms with Crippen LogP contribution in [-0.4, -0.2) is 12.6 Å². The smallest absolute Gasteiger partial charge is 0.0593 e. The van der Waals surface area contributed by atoms with E-state index in [9.17, 15) is 0 Å². The van der Waals surface area contributed by atoms with Crippen molar-refractivity contribution in [1.82, 2.24) is 5.48 Å². The highest BCUT2D eigenvalue weighted by Gasteiger charge is 2.08. The summed E-state index contributed by atoms with van der Waals surface area (Å²) in [4.78, 5) is 4.53. The Bertz CT molecular complexity index is 46.5. The van der Waals surface area contributed by atoms with Crippen molar-refractivity contribution in [3.63, 3.8) is 0 Å². The molecule has 2 heteroatoms. The maximum Gasteiger partial charge on any atom is 0.0593 e. The topological polar surface area (TPSA) is 23.3 Å². The van der Waals surface area contributed by atoms with E-state index in [0.29, 0.717) is 0 Å². The van der Waals surface area contributed by atoms with Crippen molar-refractivity contribution in [2.75, 3.05) is 7.11 Å². The van der Waals surface area contributed by atoms with Crippen molar-refractivity contribution in [3.8, 4) is 0 Å². The van der Waals surface area contributed by atoms with E-state index in [1.807, 2.05) is 20.8 Å². The van der Waals surface area contributed by atoms with Crippen LogP contribution in [0.2, 0.25) is 0 Å². The van der Waals surface area contributed by atoms with Gasteiger partial charge in [-0.25, -0.2) is 0 Å². The van der Waals surface area contributed by atoms with Crippen molar-refractivity contribution in [2.24, 2.45) is 0 Å². The molecule has 0 aliphatic carbocycles. The third-order valence-corrected chi connectivity index (χ3v) is 0.365. The Morgan fingerprint density at radius 3 is 1.71 bits per heavy atom. The minimum Gasteiger partial charge on any atom is -0.285 e. The first-order valence-electron chi connectivity index (χ1n) is 2.31. The lowest BCUT2D eigenvalue weighted by atomic mass is 10.1. The molecule has 2 nitrogen and oxygen atoms in total. The Balaban J connectivity index is 3.15. The maximum atomic E-state index is 4.53. The van der Waals surface area contributed by atoms with Gasteiger partial charge in [0.2, 0.25) is 0 Å². The van der Waals surface area contributed by atoms with Crippen LogP contribution in [0.5, 0.6) is 0 Å². The minimum atomic E-state index is -0.0469. The van der Waals surface area contributed by atoms with Crippen LogP contribution in [0.1, 0.15) is 20.8 Å². The second kappa shape index (κ2) is 2.28. The lowest BCUT2D eigenvalue weighted by Crippen LogP contribution is -2.27. The molecule has 0 aromatic heterocycles. The lowest BCUT2D eigenvalue weighted by Gasteiger charge is -2.13. The van der Waals surface area contributed by atoms with E-state index in [0.717, 1.165) is 0 Å². The van der Waals surface area contributed by atoms with Gasteiger partial charge in [-0.05, 0) is 20.8 Å². The summed E-state index contributed by atoms with van der Waals surface area (Å²) in [6, 6.07) is 0. The minimum absolute atomic E-state index is 0.0469. The van der Waals surface area contributed by atoms with Gasteiger partial charge in [0.05, 0.1) is 12.6 Å². The summed E-state index contributed by atoms with van der Waals surface area (Å²) in [5, 5.41) is 0. The highest BCUT2D eigenvalue weighted by atomic mass is 16.6. The number of rotatable bonds is 1. The Hall–Kier alpha value is -0.0800. The summed E-state index contributed by atoms with van der Waals surface area (Å²) in [5.74, 6) is 0. The van der Waals surface area contributed by atoms with E-state index in [1.54, 1.807) is 7.11 Å². The van der Waals surface area contributed by atoms with Crippen molar-refractivity contribution in [3.05, 3.63) is 0 Å². The van der Waals surface area contributed by atoms with Gasteiger partial charge in [-0.2, -0.15) is 0 Å². The van der Waals surface area contributed by atoms with Crippen molar-refractivity contribution >= 4 is 0 Å². The standard InChI is InChI=1S/C5H12NO/c1-5(2,3)6-7-4/h1-4H3. The van der Waals surface area contributed by atoms with Crippen LogP contribution in [-0.2, 0) is 4.84 Å². The molecule has 0 rings (SSSR count). The first kappa shape index (κ1) is 6.92. The van der Waals surface area contributed by atoms with Gasteiger partial charge >= 0.3 is 0 Å². The molecule has 0 atom stereocenters. The zero-order chi connectivity index (χ0) is 5.91. The molecule has 0 aromatic rings. The molecule has 0 saturated carbocycles. The van der Waals surface area contributed by atoms with Crippen LogP contribution in [0.3, 0.4) is 0 Å². The zero-order valence-corrected chi connectivity index (χ0v) is 5.36. The largest absolute Gasteiger partial charge is 0.285 e. The van der Waals surface area contributed by atoms with Gasteiger partial charge in [0.1, 0.15) is 0 Å². The van der Waals surface area contributed by atoms with Crippen LogP contribution in [0.4, 0.5) is 0 Å². The van der Waals surface area contributed by atoms with Crippen molar-refractivity contribution in [2.45, 2.75) is 26.3 Å². The number of hydrogen-bond acceptors (Lipinski definition) is 1. The van der Waals surface area contributed by atoms with Gasteiger partial charge in [0.15, 0.2) is 0 Å². The molecule has 0 aliphatic rings. The third kappa shape index (κ3) is 5.92. The fourth-order valence-electron chi connectivity index (χ4n) is 0.274. The van der Waals surface area contributed by atoms with E-state index >= 15 is 0 Å². The highest BCUT2D eigenvalue weighted by Crippen LogP contribution is 1.98. The summed E-state index contributed by atoms with van der Waals surface area (Å²) in [5.41, 5.74) is 3.71. The molecule has 7 heavy (non-hydrogen) atoms. The quantitative estimate of drug-likeness (QED) is 0.452. The molecule has 0 fully saturated rings. The van der Waals surface area contributed by atoms with E-state index in [4.69, 9.17) is 0 Å². The molecule has 0 bridgehead atoms. The number of nitrogens with zero attached hydrogens (tertiary/aromatic N) is 1. The normalized spacial score (nSPS) is 12.0.